The minimum atomic E-state index is -3.40. The molecule has 1 fully saturated rings. The number of hydrogen-bond donors (Lipinski definition) is 1. The Bertz CT molecular complexity index is 537. The molecule has 120 valence electrons. The Hall–Kier alpha value is -0.920. The van der Waals surface area contributed by atoms with Crippen molar-refractivity contribution >= 4 is 10.0 Å². The van der Waals surface area contributed by atoms with Crippen molar-refractivity contribution in [3.8, 4) is 0 Å². The summed E-state index contributed by atoms with van der Waals surface area (Å²) in [6.45, 7) is 4.68. The van der Waals surface area contributed by atoms with Crippen LogP contribution in [0.3, 0.4) is 0 Å². The maximum atomic E-state index is 12.6. The summed E-state index contributed by atoms with van der Waals surface area (Å²) in [5.41, 5.74) is 0. The molecule has 0 aliphatic heterocycles. The van der Waals surface area contributed by atoms with Gasteiger partial charge in [-0.05, 0) is 38.8 Å². The fraction of sp³-hybridized carbons (Fsp3) is 0.786. The van der Waals surface area contributed by atoms with Crippen LogP contribution in [0.1, 0.15) is 32.6 Å². The molecule has 0 atom stereocenters. The zero-order valence-electron chi connectivity index (χ0n) is 13.0. The predicted octanol–water partition coefficient (Wildman–Crippen LogP) is 1.30. The monoisotopic (exact) mass is 314 g/mol. The van der Waals surface area contributed by atoms with E-state index in [-0.39, 0.29) is 0 Å². The predicted molar refractivity (Wildman–Crippen MR) is 82.5 cm³/mol. The highest BCUT2D eigenvalue weighted by atomic mass is 32.2. The summed E-state index contributed by atoms with van der Waals surface area (Å²) >= 11 is 0. The molecule has 1 aromatic rings. The van der Waals surface area contributed by atoms with E-state index in [0.29, 0.717) is 23.9 Å². The highest BCUT2D eigenvalue weighted by molar-refractivity contribution is 7.89. The first-order valence-corrected chi connectivity index (χ1v) is 9.19. The van der Waals surface area contributed by atoms with Gasteiger partial charge in [0.1, 0.15) is 4.90 Å². The Morgan fingerprint density at radius 2 is 2.24 bits per heavy atom. The molecular weight excluding hydrogens is 288 g/mol. The second-order valence-corrected chi connectivity index (χ2v) is 7.59. The molecule has 7 heteroatoms. The Labute approximate surface area is 127 Å². The number of nitrogens with zero attached hydrogens (tertiary/aromatic N) is 3. The van der Waals surface area contributed by atoms with Gasteiger partial charge in [0.15, 0.2) is 0 Å². The number of rotatable bonds is 9. The summed E-state index contributed by atoms with van der Waals surface area (Å²) in [6, 6.07) is 0. The van der Waals surface area contributed by atoms with Gasteiger partial charge < -0.3 is 5.32 Å². The number of hydrogen-bond acceptors (Lipinski definition) is 4. The molecule has 0 radical (unpaired) electrons. The minimum absolute atomic E-state index is 0.313. The molecule has 1 aromatic heterocycles. The van der Waals surface area contributed by atoms with Crippen LogP contribution in [0.5, 0.6) is 0 Å². The molecular formula is C14H26N4O2S. The van der Waals surface area contributed by atoms with Gasteiger partial charge in [-0.15, -0.1) is 0 Å². The topological polar surface area (TPSA) is 67.2 Å². The van der Waals surface area contributed by atoms with Crippen molar-refractivity contribution in [2.24, 2.45) is 5.92 Å². The molecule has 1 N–H and O–H groups in total. The van der Waals surface area contributed by atoms with Crippen LogP contribution < -0.4 is 5.32 Å². The minimum Gasteiger partial charge on any atom is -0.320 e. The van der Waals surface area contributed by atoms with Crippen LogP contribution in [0.15, 0.2) is 17.3 Å². The summed E-state index contributed by atoms with van der Waals surface area (Å²) in [5.74, 6) is 0.533. The fourth-order valence-corrected chi connectivity index (χ4v) is 4.01. The molecule has 0 unspecified atom stereocenters. The second kappa shape index (κ2) is 7.38. The summed E-state index contributed by atoms with van der Waals surface area (Å²) in [4.78, 5) is 0.313. The van der Waals surface area contributed by atoms with E-state index in [0.717, 1.165) is 32.4 Å². The molecule has 6 nitrogen and oxygen atoms in total. The quantitative estimate of drug-likeness (QED) is 0.698. The number of nitrogens with one attached hydrogen (secondary N) is 1. The maximum Gasteiger partial charge on any atom is 0.246 e. The van der Waals surface area contributed by atoms with Crippen molar-refractivity contribution in [3.05, 3.63) is 12.4 Å². The maximum absolute atomic E-state index is 12.6. The molecule has 0 saturated heterocycles. The van der Waals surface area contributed by atoms with Crippen molar-refractivity contribution < 1.29 is 8.42 Å². The van der Waals surface area contributed by atoms with Crippen molar-refractivity contribution in [2.75, 3.05) is 26.7 Å². The molecule has 1 saturated carbocycles. The lowest BCUT2D eigenvalue weighted by atomic mass is 9.85. The molecule has 0 aromatic carbocycles. The van der Waals surface area contributed by atoms with Gasteiger partial charge in [0, 0.05) is 25.8 Å². The molecule has 1 heterocycles. The van der Waals surface area contributed by atoms with Crippen LogP contribution in [-0.4, -0.2) is 49.2 Å². The van der Waals surface area contributed by atoms with Gasteiger partial charge in [0.25, 0.3) is 0 Å². The fourth-order valence-electron chi connectivity index (χ4n) is 2.53. The van der Waals surface area contributed by atoms with E-state index in [9.17, 15) is 8.42 Å². The zero-order chi connectivity index (χ0) is 15.3. The number of sulfonamides is 1. The molecule has 0 amide bonds. The zero-order valence-corrected chi connectivity index (χ0v) is 13.8. The van der Waals surface area contributed by atoms with E-state index in [1.807, 2.05) is 14.0 Å². The summed E-state index contributed by atoms with van der Waals surface area (Å²) in [5, 5.41) is 7.24. The number of aryl methyl sites for hydroxylation is 1. The Morgan fingerprint density at radius 3 is 2.81 bits per heavy atom. The van der Waals surface area contributed by atoms with Gasteiger partial charge in [-0.1, -0.05) is 13.3 Å². The van der Waals surface area contributed by atoms with E-state index < -0.39 is 10.0 Å². The van der Waals surface area contributed by atoms with Crippen molar-refractivity contribution in [1.82, 2.24) is 19.4 Å². The third-order valence-corrected chi connectivity index (χ3v) is 5.99. The first-order valence-electron chi connectivity index (χ1n) is 7.75. The van der Waals surface area contributed by atoms with Gasteiger partial charge in [-0.2, -0.15) is 9.40 Å². The average Bonchev–Trinajstić information content (AvgIpc) is 2.87. The van der Waals surface area contributed by atoms with E-state index in [1.165, 1.54) is 12.6 Å². The van der Waals surface area contributed by atoms with Crippen LogP contribution in [0.4, 0.5) is 0 Å². The molecule has 0 spiro atoms. The normalized spacial score (nSPS) is 16.3. The Morgan fingerprint density at radius 1 is 1.48 bits per heavy atom. The first kappa shape index (κ1) is 16.5. The SMILES string of the molecule is CCN(CC1CCC1)S(=O)(=O)c1cnn(CCCNC)c1. The third kappa shape index (κ3) is 4.05. The van der Waals surface area contributed by atoms with E-state index in [2.05, 4.69) is 10.4 Å². The van der Waals surface area contributed by atoms with Crippen molar-refractivity contribution in [1.29, 1.82) is 0 Å². The molecule has 0 bridgehead atoms. The van der Waals surface area contributed by atoms with Crippen LogP contribution in [0.25, 0.3) is 0 Å². The van der Waals surface area contributed by atoms with Crippen molar-refractivity contribution in [3.63, 3.8) is 0 Å². The highest BCUT2D eigenvalue weighted by Gasteiger charge is 2.29. The van der Waals surface area contributed by atoms with Crippen molar-refractivity contribution in [2.45, 2.75) is 44.0 Å². The van der Waals surface area contributed by atoms with E-state index >= 15 is 0 Å². The largest absolute Gasteiger partial charge is 0.320 e. The van der Waals surface area contributed by atoms with Crippen LogP contribution in [-0.2, 0) is 16.6 Å². The number of aromatic nitrogens is 2. The van der Waals surface area contributed by atoms with Gasteiger partial charge in [-0.3, -0.25) is 4.68 Å². The lowest BCUT2D eigenvalue weighted by molar-refractivity contribution is 0.250. The van der Waals surface area contributed by atoms with E-state index in [4.69, 9.17) is 0 Å². The van der Waals surface area contributed by atoms with Crippen LogP contribution in [0.2, 0.25) is 0 Å². The molecule has 21 heavy (non-hydrogen) atoms. The van der Waals surface area contributed by atoms with Crippen LogP contribution in [0, 0.1) is 5.92 Å². The second-order valence-electron chi connectivity index (χ2n) is 5.65. The summed E-state index contributed by atoms with van der Waals surface area (Å²) < 4.78 is 28.6. The molecule has 1 aliphatic rings. The van der Waals surface area contributed by atoms with Gasteiger partial charge in [-0.25, -0.2) is 8.42 Å². The van der Waals surface area contributed by atoms with Gasteiger partial charge in [0.2, 0.25) is 10.0 Å². The van der Waals surface area contributed by atoms with E-state index in [1.54, 1.807) is 15.2 Å². The lowest BCUT2D eigenvalue weighted by Gasteiger charge is -2.30. The summed E-state index contributed by atoms with van der Waals surface area (Å²) in [7, 11) is -1.50. The summed E-state index contributed by atoms with van der Waals surface area (Å²) in [6.07, 6.45) is 7.57. The smallest absolute Gasteiger partial charge is 0.246 e. The van der Waals surface area contributed by atoms with Gasteiger partial charge in [0.05, 0.1) is 6.20 Å². The molecule has 1 aliphatic carbocycles. The standard InChI is InChI=1S/C14H26N4O2S/c1-3-18(11-13-6-4-7-13)21(19,20)14-10-16-17(12-14)9-5-8-15-2/h10,12-13,15H,3-9,11H2,1-2H3. The van der Waals surface area contributed by atoms with Gasteiger partial charge >= 0.3 is 0 Å². The Kier molecular flexibility index (Phi) is 5.78. The Balaban J connectivity index is 2.02. The van der Waals surface area contributed by atoms with Crippen LogP contribution >= 0.6 is 0 Å². The average molecular weight is 314 g/mol. The first-order chi connectivity index (χ1) is 10.1. The third-order valence-electron chi connectivity index (χ3n) is 4.10. The lowest BCUT2D eigenvalue weighted by Crippen LogP contribution is -2.37. The molecule has 2 rings (SSSR count). The highest BCUT2D eigenvalue weighted by Crippen LogP contribution is 2.29.